The second-order valence-corrected chi connectivity index (χ2v) is 11.7. The summed E-state index contributed by atoms with van der Waals surface area (Å²) in [6, 6.07) is 26.3. The van der Waals surface area contributed by atoms with Gasteiger partial charge in [-0.1, -0.05) is 54.6 Å². The lowest BCUT2D eigenvalue weighted by Crippen LogP contribution is -2.35. The number of nitrogens with one attached hydrogen (secondary N) is 2. The van der Waals surface area contributed by atoms with Crippen molar-refractivity contribution in [2.24, 2.45) is 0 Å². The van der Waals surface area contributed by atoms with Crippen molar-refractivity contribution in [3.05, 3.63) is 108 Å². The van der Waals surface area contributed by atoms with E-state index < -0.39 is 5.82 Å². The largest absolute Gasteiger partial charge is 0.453 e. The SMILES string of the molecule is O=C(Cc1ccccc1)NC(=S)Nc1ccc(Oc2ccnc3cc(-c4ccc(CN5CCCC5)cc4)sc23)c(F)c1. The van der Waals surface area contributed by atoms with Crippen LogP contribution in [-0.4, -0.2) is 34.0 Å². The van der Waals surface area contributed by atoms with Crippen molar-refractivity contribution in [1.29, 1.82) is 0 Å². The van der Waals surface area contributed by atoms with Gasteiger partial charge in [0, 0.05) is 35.4 Å². The molecule has 3 aromatic carbocycles. The van der Waals surface area contributed by atoms with Gasteiger partial charge in [0.05, 0.1) is 16.6 Å². The van der Waals surface area contributed by atoms with Crippen molar-refractivity contribution >= 4 is 50.5 Å². The van der Waals surface area contributed by atoms with E-state index in [-0.39, 0.29) is 23.2 Å². The summed E-state index contributed by atoms with van der Waals surface area (Å²) in [5, 5.41) is 5.58. The maximum atomic E-state index is 15.1. The zero-order valence-electron chi connectivity index (χ0n) is 22.8. The second-order valence-electron chi connectivity index (χ2n) is 10.2. The highest BCUT2D eigenvalue weighted by Gasteiger charge is 2.15. The van der Waals surface area contributed by atoms with Gasteiger partial charge in [-0.2, -0.15) is 0 Å². The topological polar surface area (TPSA) is 66.5 Å². The van der Waals surface area contributed by atoms with Crippen LogP contribution in [0.2, 0.25) is 0 Å². The summed E-state index contributed by atoms with van der Waals surface area (Å²) in [5.41, 5.74) is 4.50. The molecule has 3 heterocycles. The molecule has 2 aromatic heterocycles. The average molecular weight is 597 g/mol. The van der Waals surface area contributed by atoms with Gasteiger partial charge in [0.2, 0.25) is 5.91 Å². The van der Waals surface area contributed by atoms with Crippen LogP contribution in [0.15, 0.2) is 91.1 Å². The fourth-order valence-corrected chi connectivity index (χ4v) is 6.31. The molecular formula is C33H29FN4O2S2. The number of thiocarbonyl (C=S) groups is 1. The third kappa shape index (κ3) is 6.82. The number of hydrogen-bond acceptors (Lipinski definition) is 6. The van der Waals surface area contributed by atoms with Gasteiger partial charge >= 0.3 is 0 Å². The first kappa shape index (κ1) is 28.0. The van der Waals surface area contributed by atoms with E-state index in [0.29, 0.717) is 11.4 Å². The summed E-state index contributed by atoms with van der Waals surface area (Å²) in [5.74, 6) is -0.207. The Balaban J connectivity index is 1.11. The summed E-state index contributed by atoms with van der Waals surface area (Å²) in [6.07, 6.45) is 4.42. The van der Waals surface area contributed by atoms with Gasteiger partial charge in [-0.05, 0) is 73.0 Å². The van der Waals surface area contributed by atoms with Crippen LogP contribution in [0.3, 0.4) is 0 Å². The maximum absolute atomic E-state index is 15.1. The molecule has 0 unspecified atom stereocenters. The number of benzene rings is 3. The van der Waals surface area contributed by atoms with Gasteiger partial charge in [0.15, 0.2) is 16.7 Å². The minimum Gasteiger partial charge on any atom is -0.453 e. The number of ether oxygens (including phenoxy) is 1. The van der Waals surface area contributed by atoms with Gasteiger partial charge in [0.25, 0.3) is 0 Å². The number of carbonyl (C=O) groups is 1. The number of aromatic nitrogens is 1. The van der Waals surface area contributed by atoms with Crippen LogP contribution < -0.4 is 15.4 Å². The summed E-state index contributed by atoms with van der Waals surface area (Å²) >= 11 is 6.81. The highest BCUT2D eigenvalue weighted by molar-refractivity contribution is 7.80. The standard InChI is InChI=1S/C33H29FN4O2S2/c34-26-19-25(36-33(41)37-31(39)18-22-6-2-1-3-7-22)12-13-28(26)40-29-14-15-35-27-20-30(42-32(27)29)24-10-8-23(9-11-24)21-38-16-4-5-17-38/h1-3,6-15,19-20H,4-5,16-18,21H2,(H2,36,37,39,41). The molecule has 0 radical (unpaired) electrons. The number of halogens is 1. The van der Waals surface area contributed by atoms with Crippen molar-refractivity contribution in [2.75, 3.05) is 18.4 Å². The fourth-order valence-electron chi connectivity index (χ4n) is 5.01. The number of fused-ring (bicyclic) bond motifs is 1. The van der Waals surface area contributed by atoms with Crippen LogP contribution in [0.25, 0.3) is 20.7 Å². The van der Waals surface area contributed by atoms with E-state index in [2.05, 4.69) is 44.8 Å². The Labute approximate surface area is 253 Å². The molecular weight excluding hydrogens is 568 g/mol. The van der Waals surface area contributed by atoms with Crippen molar-refractivity contribution in [3.63, 3.8) is 0 Å². The first-order valence-corrected chi connectivity index (χ1v) is 15.0. The van der Waals surface area contributed by atoms with Gasteiger partial charge in [0.1, 0.15) is 5.75 Å². The predicted octanol–water partition coefficient (Wildman–Crippen LogP) is 7.55. The van der Waals surface area contributed by atoms with Crippen LogP contribution >= 0.6 is 23.6 Å². The molecule has 0 bridgehead atoms. The molecule has 1 saturated heterocycles. The van der Waals surface area contributed by atoms with E-state index in [0.717, 1.165) is 32.8 Å². The maximum Gasteiger partial charge on any atom is 0.230 e. The molecule has 0 atom stereocenters. The van der Waals surface area contributed by atoms with Crippen LogP contribution in [0.5, 0.6) is 11.5 Å². The molecule has 1 fully saturated rings. The minimum absolute atomic E-state index is 0.0771. The number of pyridine rings is 1. The monoisotopic (exact) mass is 596 g/mol. The van der Waals surface area contributed by atoms with E-state index in [9.17, 15) is 4.79 Å². The van der Waals surface area contributed by atoms with Gasteiger partial charge in [-0.3, -0.25) is 14.7 Å². The smallest absolute Gasteiger partial charge is 0.230 e. The lowest BCUT2D eigenvalue weighted by Gasteiger charge is -2.14. The molecule has 1 amide bonds. The van der Waals surface area contributed by atoms with E-state index in [4.69, 9.17) is 17.0 Å². The Kier molecular flexibility index (Phi) is 8.50. The Morgan fingerprint density at radius 1 is 0.952 bits per heavy atom. The normalized spacial score (nSPS) is 13.3. The highest BCUT2D eigenvalue weighted by atomic mass is 32.1. The van der Waals surface area contributed by atoms with Gasteiger partial charge < -0.3 is 15.4 Å². The number of amides is 1. The number of hydrogen-bond donors (Lipinski definition) is 2. The van der Waals surface area contributed by atoms with E-state index in [1.807, 2.05) is 36.4 Å². The summed E-state index contributed by atoms with van der Waals surface area (Å²) in [7, 11) is 0. The van der Waals surface area contributed by atoms with Crippen molar-refractivity contribution in [1.82, 2.24) is 15.2 Å². The van der Waals surface area contributed by atoms with Crippen LogP contribution in [0.4, 0.5) is 10.1 Å². The lowest BCUT2D eigenvalue weighted by atomic mass is 10.1. The molecule has 0 aliphatic carbocycles. The first-order valence-electron chi connectivity index (χ1n) is 13.8. The number of rotatable bonds is 8. The zero-order valence-corrected chi connectivity index (χ0v) is 24.4. The van der Waals surface area contributed by atoms with Gasteiger partial charge in [-0.15, -0.1) is 11.3 Å². The Morgan fingerprint density at radius 2 is 1.74 bits per heavy atom. The molecule has 5 aromatic rings. The number of likely N-dealkylation sites (tertiary alicyclic amines) is 1. The second kappa shape index (κ2) is 12.8. The van der Waals surface area contributed by atoms with Crippen LogP contribution in [0.1, 0.15) is 24.0 Å². The lowest BCUT2D eigenvalue weighted by molar-refractivity contribution is -0.119. The van der Waals surface area contributed by atoms with E-state index in [1.165, 1.54) is 43.6 Å². The quantitative estimate of drug-likeness (QED) is 0.180. The molecule has 212 valence electrons. The average Bonchev–Trinajstić information content (AvgIpc) is 3.66. The molecule has 1 aliphatic rings. The molecule has 0 saturated carbocycles. The minimum atomic E-state index is -0.561. The Bertz CT molecular complexity index is 1720. The molecule has 1 aliphatic heterocycles. The first-order chi connectivity index (χ1) is 20.5. The number of carbonyl (C=O) groups excluding carboxylic acids is 1. The van der Waals surface area contributed by atoms with E-state index in [1.54, 1.807) is 29.7 Å². The van der Waals surface area contributed by atoms with Crippen LogP contribution in [-0.2, 0) is 17.8 Å². The Hall–Kier alpha value is -4.18. The third-order valence-corrected chi connectivity index (χ3v) is 8.48. The third-order valence-electron chi connectivity index (χ3n) is 7.09. The number of nitrogens with zero attached hydrogens (tertiary/aromatic N) is 2. The van der Waals surface area contributed by atoms with Crippen LogP contribution in [0, 0.1) is 5.82 Å². The number of anilines is 1. The molecule has 6 nitrogen and oxygen atoms in total. The van der Waals surface area contributed by atoms with E-state index >= 15 is 4.39 Å². The highest BCUT2D eigenvalue weighted by Crippen LogP contribution is 2.40. The summed E-state index contributed by atoms with van der Waals surface area (Å²) in [4.78, 5) is 20.3. The summed E-state index contributed by atoms with van der Waals surface area (Å²) in [6.45, 7) is 3.33. The van der Waals surface area contributed by atoms with Crippen molar-refractivity contribution in [2.45, 2.75) is 25.8 Å². The molecule has 42 heavy (non-hydrogen) atoms. The molecule has 9 heteroatoms. The van der Waals surface area contributed by atoms with Gasteiger partial charge in [-0.25, -0.2) is 4.39 Å². The number of thiophene rings is 1. The predicted molar refractivity (Wildman–Crippen MR) is 171 cm³/mol. The summed E-state index contributed by atoms with van der Waals surface area (Å²) < 4.78 is 21.9. The Morgan fingerprint density at radius 3 is 2.50 bits per heavy atom. The molecule has 6 rings (SSSR count). The van der Waals surface area contributed by atoms with Crippen molar-refractivity contribution in [3.8, 4) is 21.9 Å². The zero-order chi connectivity index (χ0) is 28.9. The molecule has 2 N–H and O–H groups in total. The molecule has 0 spiro atoms. The fraction of sp³-hybridized carbons (Fsp3) is 0.182. The van der Waals surface area contributed by atoms with Crippen molar-refractivity contribution < 1.29 is 13.9 Å².